The lowest BCUT2D eigenvalue weighted by atomic mass is 10.2. The smallest absolute Gasteiger partial charge is 0.304 e. The van der Waals surface area contributed by atoms with E-state index in [-0.39, 0.29) is 23.4 Å². The van der Waals surface area contributed by atoms with E-state index < -0.39 is 22.0 Å². The van der Waals surface area contributed by atoms with Gasteiger partial charge in [-0.1, -0.05) is 13.0 Å². The largest absolute Gasteiger partial charge is 0.481 e. The lowest BCUT2D eigenvalue weighted by Crippen LogP contribution is -2.39. The third-order valence-corrected chi connectivity index (χ3v) is 4.93. The van der Waals surface area contributed by atoms with Crippen molar-refractivity contribution >= 4 is 16.0 Å². The van der Waals surface area contributed by atoms with E-state index in [2.05, 4.69) is 0 Å². The third-order valence-electron chi connectivity index (χ3n) is 2.84. The van der Waals surface area contributed by atoms with E-state index >= 15 is 0 Å². The fraction of sp³-hybridized carbons (Fsp3) is 0.385. The van der Waals surface area contributed by atoms with Crippen LogP contribution in [0.15, 0.2) is 29.2 Å². The Morgan fingerprint density at radius 2 is 2.15 bits per heavy atom. The maximum Gasteiger partial charge on any atom is 0.304 e. The predicted molar refractivity (Wildman–Crippen MR) is 72.4 cm³/mol. The van der Waals surface area contributed by atoms with Crippen LogP contribution in [0.5, 0.6) is 0 Å². The molecule has 108 valence electrons. The van der Waals surface area contributed by atoms with Crippen LogP contribution in [0.2, 0.25) is 0 Å². The second-order valence-electron chi connectivity index (χ2n) is 4.29. The molecule has 20 heavy (non-hydrogen) atoms. The van der Waals surface area contributed by atoms with E-state index in [9.17, 15) is 13.2 Å². The van der Waals surface area contributed by atoms with E-state index in [4.69, 9.17) is 10.4 Å². The Hall–Kier alpha value is -1.91. The average Bonchev–Trinajstić information content (AvgIpc) is 2.38. The maximum atomic E-state index is 12.5. The molecule has 0 radical (unpaired) electrons. The molecule has 1 unspecified atom stereocenters. The van der Waals surface area contributed by atoms with Crippen LogP contribution in [0, 0.1) is 11.3 Å². The second kappa shape index (κ2) is 6.50. The van der Waals surface area contributed by atoms with Crippen LogP contribution in [0.3, 0.4) is 0 Å². The quantitative estimate of drug-likeness (QED) is 0.856. The van der Waals surface area contributed by atoms with E-state index in [1.165, 1.54) is 24.3 Å². The SMILES string of the molecule is CCN(C(C)CC(=O)O)S(=O)(=O)c1cccc(C#N)c1. The molecule has 1 aromatic carbocycles. The number of rotatable bonds is 6. The number of hydrogen-bond donors (Lipinski definition) is 1. The van der Waals surface area contributed by atoms with Crippen molar-refractivity contribution in [2.24, 2.45) is 0 Å². The summed E-state index contributed by atoms with van der Waals surface area (Å²) in [5, 5.41) is 17.6. The molecule has 0 bridgehead atoms. The topological polar surface area (TPSA) is 98.5 Å². The number of nitriles is 1. The number of carboxylic acids is 1. The Labute approximate surface area is 118 Å². The molecule has 0 aliphatic rings. The van der Waals surface area contributed by atoms with Crippen molar-refractivity contribution in [1.82, 2.24) is 4.31 Å². The summed E-state index contributed by atoms with van der Waals surface area (Å²) in [6, 6.07) is 6.90. The van der Waals surface area contributed by atoms with Gasteiger partial charge in [-0.2, -0.15) is 9.57 Å². The summed E-state index contributed by atoms with van der Waals surface area (Å²) < 4.78 is 26.1. The Morgan fingerprint density at radius 1 is 1.50 bits per heavy atom. The molecule has 0 spiro atoms. The number of carbonyl (C=O) groups is 1. The molecule has 0 aliphatic heterocycles. The zero-order chi connectivity index (χ0) is 15.3. The summed E-state index contributed by atoms with van der Waals surface area (Å²) >= 11 is 0. The number of aliphatic carboxylic acids is 1. The molecule has 7 heteroatoms. The molecular formula is C13H16N2O4S. The van der Waals surface area contributed by atoms with Crippen molar-refractivity contribution in [1.29, 1.82) is 5.26 Å². The van der Waals surface area contributed by atoms with Gasteiger partial charge in [-0.15, -0.1) is 0 Å². The van der Waals surface area contributed by atoms with Gasteiger partial charge in [0.15, 0.2) is 0 Å². The van der Waals surface area contributed by atoms with Crippen molar-refractivity contribution in [2.75, 3.05) is 6.54 Å². The molecule has 0 saturated carbocycles. The first-order valence-electron chi connectivity index (χ1n) is 6.06. The molecule has 0 aliphatic carbocycles. The molecule has 1 aromatic rings. The summed E-state index contributed by atoms with van der Waals surface area (Å²) in [5.74, 6) is -1.06. The van der Waals surface area contributed by atoms with E-state index in [0.717, 1.165) is 4.31 Å². The Kier molecular flexibility index (Phi) is 5.25. The standard InChI is InChI=1S/C13H16N2O4S/c1-3-15(10(2)7-13(16)17)20(18,19)12-6-4-5-11(8-12)9-14/h4-6,8,10H,3,7H2,1-2H3,(H,16,17). The van der Waals surface area contributed by atoms with Crippen LogP contribution in [0.25, 0.3) is 0 Å². The van der Waals surface area contributed by atoms with Gasteiger partial charge in [-0.25, -0.2) is 8.42 Å². The molecule has 0 amide bonds. The molecule has 1 rings (SSSR count). The molecule has 0 heterocycles. The van der Waals surface area contributed by atoms with Crippen molar-refractivity contribution < 1.29 is 18.3 Å². The number of sulfonamides is 1. The molecule has 6 nitrogen and oxygen atoms in total. The minimum Gasteiger partial charge on any atom is -0.481 e. The third kappa shape index (κ3) is 3.56. The van der Waals surface area contributed by atoms with Gasteiger partial charge in [0.25, 0.3) is 0 Å². The molecule has 0 fully saturated rings. The summed E-state index contributed by atoms with van der Waals surface area (Å²) in [5.41, 5.74) is 0.244. The van der Waals surface area contributed by atoms with Crippen molar-refractivity contribution in [3.05, 3.63) is 29.8 Å². The van der Waals surface area contributed by atoms with E-state index in [1.54, 1.807) is 13.8 Å². The molecule has 0 aromatic heterocycles. The molecule has 0 saturated heterocycles. The lowest BCUT2D eigenvalue weighted by Gasteiger charge is -2.26. The van der Waals surface area contributed by atoms with Gasteiger partial charge in [0.05, 0.1) is 22.9 Å². The number of nitrogens with zero attached hydrogens (tertiary/aromatic N) is 2. The zero-order valence-electron chi connectivity index (χ0n) is 11.3. The Bertz CT molecular complexity index is 634. The first-order valence-corrected chi connectivity index (χ1v) is 7.50. The van der Waals surface area contributed by atoms with E-state index in [1.807, 2.05) is 6.07 Å². The summed E-state index contributed by atoms with van der Waals surface area (Å²) in [7, 11) is -3.81. The van der Waals surface area contributed by atoms with Gasteiger partial charge in [-0.3, -0.25) is 4.79 Å². The van der Waals surface area contributed by atoms with Crippen LogP contribution >= 0.6 is 0 Å². The Morgan fingerprint density at radius 3 is 2.65 bits per heavy atom. The summed E-state index contributed by atoms with van der Waals surface area (Å²) in [4.78, 5) is 10.7. The van der Waals surface area contributed by atoms with Gasteiger partial charge in [-0.05, 0) is 25.1 Å². The van der Waals surface area contributed by atoms with Gasteiger partial charge >= 0.3 is 5.97 Å². The van der Waals surface area contributed by atoms with Crippen LogP contribution in [-0.4, -0.2) is 36.4 Å². The van der Waals surface area contributed by atoms with Crippen molar-refractivity contribution in [3.63, 3.8) is 0 Å². The maximum absolute atomic E-state index is 12.5. The van der Waals surface area contributed by atoms with Crippen LogP contribution in [0.4, 0.5) is 0 Å². The molecule has 1 N–H and O–H groups in total. The Balaban J connectivity index is 3.18. The highest BCUT2D eigenvalue weighted by Gasteiger charge is 2.29. The first-order chi connectivity index (χ1) is 9.32. The van der Waals surface area contributed by atoms with E-state index in [0.29, 0.717) is 0 Å². The van der Waals surface area contributed by atoms with Crippen LogP contribution in [0.1, 0.15) is 25.8 Å². The summed E-state index contributed by atoms with van der Waals surface area (Å²) in [6.07, 6.45) is -0.273. The first kappa shape index (κ1) is 16.1. The van der Waals surface area contributed by atoms with Crippen LogP contribution in [-0.2, 0) is 14.8 Å². The van der Waals surface area contributed by atoms with Crippen molar-refractivity contribution in [2.45, 2.75) is 31.2 Å². The minimum absolute atomic E-state index is 0.00404. The fourth-order valence-corrected chi connectivity index (χ4v) is 3.62. The molecule has 1 atom stereocenters. The van der Waals surface area contributed by atoms with Crippen molar-refractivity contribution in [3.8, 4) is 6.07 Å². The minimum atomic E-state index is -3.81. The number of carboxylic acid groups (broad SMARTS) is 1. The van der Waals surface area contributed by atoms with Gasteiger partial charge < -0.3 is 5.11 Å². The predicted octanol–water partition coefficient (Wildman–Crippen LogP) is 1.43. The normalized spacial score (nSPS) is 12.9. The highest BCUT2D eigenvalue weighted by Crippen LogP contribution is 2.20. The zero-order valence-corrected chi connectivity index (χ0v) is 12.1. The lowest BCUT2D eigenvalue weighted by molar-refractivity contribution is -0.137. The monoisotopic (exact) mass is 296 g/mol. The highest BCUT2D eigenvalue weighted by molar-refractivity contribution is 7.89. The summed E-state index contributed by atoms with van der Waals surface area (Å²) in [6.45, 7) is 3.35. The highest BCUT2D eigenvalue weighted by atomic mass is 32.2. The average molecular weight is 296 g/mol. The number of benzene rings is 1. The van der Waals surface area contributed by atoms with Gasteiger partial charge in [0.2, 0.25) is 10.0 Å². The molecular weight excluding hydrogens is 280 g/mol. The van der Waals surface area contributed by atoms with Crippen LogP contribution < -0.4 is 0 Å². The number of hydrogen-bond acceptors (Lipinski definition) is 4. The second-order valence-corrected chi connectivity index (χ2v) is 6.19. The fourth-order valence-electron chi connectivity index (χ4n) is 1.93. The van der Waals surface area contributed by atoms with Gasteiger partial charge in [0.1, 0.15) is 0 Å². The van der Waals surface area contributed by atoms with Gasteiger partial charge in [0, 0.05) is 12.6 Å².